The number of carbonyl (C=O) groups is 1. The van der Waals surface area contributed by atoms with Crippen molar-refractivity contribution in [2.75, 3.05) is 13.2 Å². The molecule has 3 heteroatoms. The molecule has 1 atom stereocenters. The van der Waals surface area contributed by atoms with E-state index >= 15 is 0 Å². The van der Waals surface area contributed by atoms with Gasteiger partial charge >= 0.3 is 0 Å². The summed E-state index contributed by atoms with van der Waals surface area (Å²) >= 11 is 0. The smallest absolute Gasteiger partial charge is 0.223 e. The van der Waals surface area contributed by atoms with Crippen molar-refractivity contribution in [1.82, 2.24) is 4.90 Å². The van der Waals surface area contributed by atoms with Crippen LogP contribution in [-0.2, 0) is 16.0 Å². The molecule has 1 fully saturated rings. The third-order valence-electron chi connectivity index (χ3n) is 3.94. The molecule has 1 aliphatic rings. The highest BCUT2D eigenvalue weighted by Gasteiger charge is 2.36. The summed E-state index contributed by atoms with van der Waals surface area (Å²) < 4.78 is 5.66. The Hall–Kier alpha value is -1.35. The number of hydrogen-bond donors (Lipinski definition) is 0. The minimum atomic E-state index is -0.198. The van der Waals surface area contributed by atoms with Crippen LogP contribution in [0.15, 0.2) is 24.3 Å². The molecule has 1 heterocycles. The minimum Gasteiger partial charge on any atom is -0.374 e. The molecular weight excluding hydrogens is 250 g/mol. The second kappa shape index (κ2) is 5.96. The summed E-state index contributed by atoms with van der Waals surface area (Å²) in [6, 6.07) is 8.41. The SMILES string of the molecule is Cc1ccc(CCC(=O)N2CC(C)OCC2(C)C)cc1. The standard InChI is InChI=1S/C17H25NO2/c1-13-5-7-15(8-6-13)9-10-16(19)18-11-14(2)20-12-17(18,3)4/h5-8,14H,9-12H2,1-4H3. The van der Waals surface area contributed by atoms with Crippen LogP contribution in [-0.4, -0.2) is 35.6 Å². The van der Waals surface area contributed by atoms with Gasteiger partial charge in [-0.3, -0.25) is 4.79 Å². The Morgan fingerprint density at radius 3 is 2.65 bits per heavy atom. The first-order chi connectivity index (χ1) is 9.38. The van der Waals surface area contributed by atoms with Crippen molar-refractivity contribution in [2.45, 2.75) is 52.2 Å². The van der Waals surface area contributed by atoms with Gasteiger partial charge in [0.25, 0.3) is 0 Å². The van der Waals surface area contributed by atoms with Crippen molar-refractivity contribution < 1.29 is 9.53 Å². The summed E-state index contributed by atoms with van der Waals surface area (Å²) in [5, 5.41) is 0. The highest BCUT2D eigenvalue weighted by atomic mass is 16.5. The largest absolute Gasteiger partial charge is 0.374 e. The fourth-order valence-corrected chi connectivity index (χ4v) is 2.56. The Balaban J connectivity index is 1.95. The van der Waals surface area contributed by atoms with E-state index in [0.29, 0.717) is 19.6 Å². The van der Waals surface area contributed by atoms with Crippen LogP contribution in [0.1, 0.15) is 38.3 Å². The zero-order chi connectivity index (χ0) is 14.8. The van der Waals surface area contributed by atoms with Gasteiger partial charge in [-0.05, 0) is 39.7 Å². The molecule has 1 unspecified atom stereocenters. The highest BCUT2D eigenvalue weighted by molar-refractivity contribution is 5.77. The van der Waals surface area contributed by atoms with Gasteiger partial charge in [0.05, 0.1) is 18.2 Å². The lowest BCUT2D eigenvalue weighted by molar-refractivity contribution is -0.152. The Morgan fingerprint density at radius 1 is 1.35 bits per heavy atom. The van der Waals surface area contributed by atoms with E-state index < -0.39 is 0 Å². The zero-order valence-corrected chi connectivity index (χ0v) is 13.0. The second-order valence-corrected chi connectivity index (χ2v) is 6.42. The number of aryl methyl sites for hydroxylation is 2. The molecule has 0 saturated carbocycles. The fraction of sp³-hybridized carbons (Fsp3) is 0.588. The van der Waals surface area contributed by atoms with Crippen LogP contribution in [0.25, 0.3) is 0 Å². The Bertz CT molecular complexity index is 464. The average Bonchev–Trinajstić information content (AvgIpc) is 2.40. The summed E-state index contributed by atoms with van der Waals surface area (Å²) in [7, 11) is 0. The van der Waals surface area contributed by atoms with Crippen LogP contribution in [0.3, 0.4) is 0 Å². The zero-order valence-electron chi connectivity index (χ0n) is 13.0. The maximum absolute atomic E-state index is 12.5. The van der Waals surface area contributed by atoms with Gasteiger partial charge in [0, 0.05) is 13.0 Å². The van der Waals surface area contributed by atoms with Crippen LogP contribution < -0.4 is 0 Å². The first-order valence-corrected chi connectivity index (χ1v) is 7.36. The van der Waals surface area contributed by atoms with Gasteiger partial charge in [0.15, 0.2) is 0 Å². The number of morpholine rings is 1. The van der Waals surface area contributed by atoms with Gasteiger partial charge in [0.1, 0.15) is 0 Å². The molecule has 0 bridgehead atoms. The molecule has 1 aromatic carbocycles. The molecule has 2 rings (SSSR count). The van der Waals surface area contributed by atoms with Gasteiger partial charge in [-0.15, -0.1) is 0 Å². The summed E-state index contributed by atoms with van der Waals surface area (Å²) in [5.41, 5.74) is 2.28. The number of ether oxygens (including phenoxy) is 1. The molecule has 0 radical (unpaired) electrons. The molecule has 20 heavy (non-hydrogen) atoms. The first-order valence-electron chi connectivity index (χ1n) is 7.36. The summed E-state index contributed by atoms with van der Waals surface area (Å²) in [5.74, 6) is 0.228. The van der Waals surface area contributed by atoms with Crippen molar-refractivity contribution in [3.63, 3.8) is 0 Å². The van der Waals surface area contributed by atoms with Crippen LogP contribution in [0.2, 0.25) is 0 Å². The van der Waals surface area contributed by atoms with Gasteiger partial charge in [0.2, 0.25) is 5.91 Å². The molecule has 1 aromatic rings. The lowest BCUT2D eigenvalue weighted by Gasteiger charge is -2.44. The third kappa shape index (κ3) is 3.60. The van der Waals surface area contributed by atoms with E-state index in [0.717, 1.165) is 6.42 Å². The Labute approximate surface area is 121 Å². The van der Waals surface area contributed by atoms with Crippen LogP contribution in [0.4, 0.5) is 0 Å². The summed E-state index contributed by atoms with van der Waals surface area (Å²) in [6.07, 6.45) is 1.51. The van der Waals surface area contributed by atoms with E-state index in [9.17, 15) is 4.79 Å². The van der Waals surface area contributed by atoms with Gasteiger partial charge in [-0.25, -0.2) is 0 Å². The number of rotatable bonds is 3. The molecule has 1 aliphatic heterocycles. The van der Waals surface area contributed by atoms with E-state index in [1.165, 1.54) is 11.1 Å². The Morgan fingerprint density at radius 2 is 2.00 bits per heavy atom. The van der Waals surface area contributed by atoms with E-state index in [-0.39, 0.29) is 17.6 Å². The average molecular weight is 275 g/mol. The predicted molar refractivity (Wildman–Crippen MR) is 80.7 cm³/mol. The van der Waals surface area contributed by atoms with Crippen molar-refractivity contribution >= 4 is 5.91 Å². The van der Waals surface area contributed by atoms with E-state index in [2.05, 4.69) is 45.0 Å². The highest BCUT2D eigenvalue weighted by Crippen LogP contribution is 2.23. The van der Waals surface area contributed by atoms with E-state index in [1.54, 1.807) is 0 Å². The summed E-state index contributed by atoms with van der Waals surface area (Å²) in [6.45, 7) is 9.55. The molecule has 0 N–H and O–H groups in total. The normalized spacial score (nSPS) is 21.8. The fourth-order valence-electron chi connectivity index (χ4n) is 2.56. The maximum Gasteiger partial charge on any atom is 0.223 e. The predicted octanol–water partition coefficient (Wildman–Crippen LogP) is 2.95. The molecule has 0 aliphatic carbocycles. The second-order valence-electron chi connectivity index (χ2n) is 6.42. The monoisotopic (exact) mass is 275 g/mol. The number of benzene rings is 1. The van der Waals surface area contributed by atoms with Crippen LogP contribution in [0, 0.1) is 6.92 Å². The number of carbonyl (C=O) groups excluding carboxylic acids is 1. The molecule has 1 saturated heterocycles. The quantitative estimate of drug-likeness (QED) is 0.849. The number of hydrogen-bond acceptors (Lipinski definition) is 2. The molecule has 110 valence electrons. The van der Waals surface area contributed by atoms with Crippen molar-refractivity contribution in [1.29, 1.82) is 0 Å². The third-order valence-corrected chi connectivity index (χ3v) is 3.94. The van der Waals surface area contributed by atoms with Gasteiger partial charge in [-0.2, -0.15) is 0 Å². The Kier molecular flexibility index (Phi) is 4.48. The van der Waals surface area contributed by atoms with Crippen LogP contribution in [0.5, 0.6) is 0 Å². The minimum absolute atomic E-state index is 0.131. The number of nitrogens with zero attached hydrogens (tertiary/aromatic N) is 1. The summed E-state index contributed by atoms with van der Waals surface area (Å²) in [4.78, 5) is 14.5. The van der Waals surface area contributed by atoms with Gasteiger partial charge < -0.3 is 9.64 Å². The molecule has 0 spiro atoms. The molecular formula is C17H25NO2. The van der Waals surface area contributed by atoms with Crippen molar-refractivity contribution in [3.05, 3.63) is 35.4 Å². The van der Waals surface area contributed by atoms with Crippen molar-refractivity contribution in [3.8, 4) is 0 Å². The van der Waals surface area contributed by atoms with E-state index in [1.807, 2.05) is 11.8 Å². The maximum atomic E-state index is 12.5. The lowest BCUT2D eigenvalue weighted by atomic mass is 9.99. The lowest BCUT2D eigenvalue weighted by Crippen LogP contribution is -2.57. The van der Waals surface area contributed by atoms with Crippen molar-refractivity contribution in [2.24, 2.45) is 0 Å². The number of amides is 1. The molecule has 0 aromatic heterocycles. The first kappa shape index (κ1) is 15.0. The van der Waals surface area contributed by atoms with E-state index in [4.69, 9.17) is 4.74 Å². The molecule has 1 amide bonds. The molecule has 3 nitrogen and oxygen atoms in total. The van der Waals surface area contributed by atoms with Gasteiger partial charge in [-0.1, -0.05) is 29.8 Å². The topological polar surface area (TPSA) is 29.5 Å². The van der Waals surface area contributed by atoms with Crippen LogP contribution >= 0.6 is 0 Å².